The number of halogens is 1. The van der Waals surface area contributed by atoms with Crippen LogP contribution in [0.2, 0.25) is 5.02 Å². The number of hydrogen-bond acceptors (Lipinski definition) is 6. The molecule has 4 N–H and O–H groups in total. The van der Waals surface area contributed by atoms with E-state index in [1.165, 1.54) is 57.6 Å². The molecule has 2 saturated carbocycles. The molecule has 1 saturated heterocycles. The molecule has 0 bridgehead atoms. The lowest BCUT2D eigenvalue weighted by Crippen LogP contribution is -2.64. The first-order valence-corrected chi connectivity index (χ1v) is 13.4. The average molecular weight is 517 g/mol. The summed E-state index contributed by atoms with van der Waals surface area (Å²) in [6, 6.07) is 14.0. The maximum Gasteiger partial charge on any atom is 0.224 e. The zero-order valence-corrected chi connectivity index (χ0v) is 21.5. The Kier molecular flexibility index (Phi) is 7.50. The van der Waals surface area contributed by atoms with Crippen molar-refractivity contribution >= 4 is 11.6 Å². The average Bonchev–Trinajstić information content (AvgIpc) is 2.89. The lowest BCUT2D eigenvalue weighted by molar-refractivity contribution is -0.366. The summed E-state index contributed by atoms with van der Waals surface area (Å²) < 4.78 is 11.4. The number of rotatable bonds is 6. The van der Waals surface area contributed by atoms with Crippen LogP contribution in [-0.4, -0.2) is 58.6 Å². The van der Waals surface area contributed by atoms with Gasteiger partial charge in [0.2, 0.25) is 5.79 Å². The monoisotopic (exact) mass is 516 g/mol. The van der Waals surface area contributed by atoms with E-state index in [4.69, 9.17) is 21.1 Å². The third kappa shape index (κ3) is 4.62. The van der Waals surface area contributed by atoms with Crippen LogP contribution in [0.3, 0.4) is 0 Å². The van der Waals surface area contributed by atoms with Crippen LogP contribution in [0.1, 0.15) is 73.1 Å². The molecule has 2 aromatic carbocycles. The maximum atomic E-state index is 10.8. The molecule has 3 fully saturated rings. The minimum atomic E-state index is -1.76. The predicted octanol–water partition coefficient (Wildman–Crippen LogP) is 4.03. The van der Waals surface area contributed by atoms with Crippen LogP contribution in [-0.2, 0) is 21.7 Å². The van der Waals surface area contributed by atoms with Gasteiger partial charge in [-0.1, -0.05) is 48.4 Å². The van der Waals surface area contributed by atoms with Gasteiger partial charge in [0.15, 0.2) is 0 Å². The van der Waals surface area contributed by atoms with Crippen molar-refractivity contribution < 1.29 is 29.9 Å². The number of aliphatic hydroxyl groups is 4. The van der Waals surface area contributed by atoms with Gasteiger partial charge >= 0.3 is 0 Å². The van der Waals surface area contributed by atoms with Crippen molar-refractivity contribution in [1.82, 2.24) is 0 Å². The van der Waals surface area contributed by atoms with Crippen molar-refractivity contribution in [3.8, 4) is 0 Å². The molecule has 7 heteroatoms. The Morgan fingerprint density at radius 2 is 1.67 bits per heavy atom. The van der Waals surface area contributed by atoms with E-state index in [1.54, 1.807) is 18.2 Å². The number of hydrogen-bond donors (Lipinski definition) is 4. The van der Waals surface area contributed by atoms with E-state index in [0.29, 0.717) is 28.3 Å². The second kappa shape index (κ2) is 10.3. The highest BCUT2D eigenvalue weighted by Gasteiger charge is 2.55. The quantitative estimate of drug-likeness (QED) is 0.462. The van der Waals surface area contributed by atoms with Gasteiger partial charge in [-0.3, -0.25) is 0 Å². The van der Waals surface area contributed by atoms with Crippen LogP contribution in [0.25, 0.3) is 0 Å². The summed E-state index contributed by atoms with van der Waals surface area (Å²) in [5.41, 5.74) is 4.46. The van der Waals surface area contributed by atoms with Crippen molar-refractivity contribution in [2.45, 2.75) is 87.5 Å². The van der Waals surface area contributed by atoms with Crippen LogP contribution in [0, 0.1) is 5.41 Å². The van der Waals surface area contributed by atoms with Crippen molar-refractivity contribution in [2.24, 2.45) is 5.41 Å². The minimum absolute atomic E-state index is 0.449. The minimum Gasteiger partial charge on any atom is -0.394 e. The van der Waals surface area contributed by atoms with Gasteiger partial charge in [-0.05, 0) is 85.1 Å². The standard InChI is InChI=1S/C29H37ClO6/c1-35-29(27(34)26(33)25(32)24(17-31)36-29)22-7-8-23(30)21(16-22)15-18-3-5-19(6-4-18)20-9-13-28(14-10-20)11-2-12-28/h3-8,16,20,24-27,31-34H,2,9-15,17H2,1H3/t24-,25-,26+,27-,29?/m1/s1. The number of ether oxygens (including phenoxy) is 2. The first-order chi connectivity index (χ1) is 17.3. The molecule has 0 aromatic heterocycles. The molecule has 0 amide bonds. The van der Waals surface area contributed by atoms with Crippen molar-refractivity contribution in [1.29, 1.82) is 0 Å². The van der Waals surface area contributed by atoms with Gasteiger partial charge in [-0.15, -0.1) is 0 Å². The first kappa shape index (κ1) is 26.1. The van der Waals surface area contributed by atoms with Crippen molar-refractivity contribution in [2.75, 3.05) is 13.7 Å². The summed E-state index contributed by atoms with van der Waals surface area (Å²) >= 11 is 6.54. The van der Waals surface area contributed by atoms with E-state index in [1.807, 2.05) is 0 Å². The fourth-order valence-corrected chi connectivity index (χ4v) is 6.65. The largest absolute Gasteiger partial charge is 0.394 e. The summed E-state index contributed by atoms with van der Waals surface area (Å²) in [5.74, 6) is -1.11. The van der Waals surface area contributed by atoms with Crippen LogP contribution in [0.4, 0.5) is 0 Å². The Morgan fingerprint density at radius 3 is 2.25 bits per heavy atom. The second-order valence-electron chi connectivity index (χ2n) is 11.0. The molecule has 1 aliphatic heterocycles. The lowest BCUT2D eigenvalue weighted by atomic mass is 9.58. The Morgan fingerprint density at radius 1 is 0.972 bits per heavy atom. The van der Waals surface area contributed by atoms with Crippen LogP contribution < -0.4 is 0 Å². The highest BCUT2D eigenvalue weighted by atomic mass is 35.5. The summed E-state index contributed by atoms with van der Waals surface area (Å²) in [6.45, 7) is -0.537. The molecule has 2 aromatic rings. The molecule has 196 valence electrons. The van der Waals surface area contributed by atoms with E-state index in [-0.39, 0.29) is 0 Å². The molecule has 1 spiro atoms. The van der Waals surface area contributed by atoms with Crippen LogP contribution >= 0.6 is 11.6 Å². The molecule has 2 aliphatic carbocycles. The van der Waals surface area contributed by atoms with Crippen LogP contribution in [0.5, 0.6) is 0 Å². The third-order valence-corrected chi connectivity index (χ3v) is 9.38. The summed E-state index contributed by atoms with van der Waals surface area (Å²) in [6.07, 6.45) is 4.43. The first-order valence-electron chi connectivity index (χ1n) is 13.1. The van der Waals surface area contributed by atoms with Gasteiger partial charge in [-0.25, -0.2) is 0 Å². The van der Waals surface area contributed by atoms with Gasteiger partial charge in [0.1, 0.15) is 24.4 Å². The lowest BCUT2D eigenvalue weighted by Gasteiger charge is -2.47. The molecular formula is C29H37ClO6. The Bertz CT molecular complexity index is 1040. The smallest absolute Gasteiger partial charge is 0.224 e. The Labute approximate surface area is 217 Å². The normalized spacial score (nSPS) is 32.4. The van der Waals surface area contributed by atoms with E-state index in [2.05, 4.69) is 24.3 Å². The van der Waals surface area contributed by atoms with Gasteiger partial charge in [0, 0.05) is 17.7 Å². The van der Waals surface area contributed by atoms with E-state index in [0.717, 1.165) is 11.1 Å². The van der Waals surface area contributed by atoms with E-state index in [9.17, 15) is 20.4 Å². The maximum absolute atomic E-state index is 10.8. The number of methoxy groups -OCH3 is 1. The fourth-order valence-electron chi connectivity index (χ4n) is 6.46. The highest BCUT2D eigenvalue weighted by molar-refractivity contribution is 6.31. The van der Waals surface area contributed by atoms with E-state index < -0.39 is 36.8 Å². The second-order valence-corrected chi connectivity index (χ2v) is 11.4. The van der Waals surface area contributed by atoms with Gasteiger partial charge in [0.05, 0.1) is 6.61 Å². The molecule has 5 rings (SSSR count). The number of aliphatic hydroxyl groups excluding tert-OH is 4. The van der Waals surface area contributed by atoms with Gasteiger partial charge in [-0.2, -0.15) is 0 Å². The molecule has 3 aliphatic rings. The van der Waals surface area contributed by atoms with Gasteiger partial charge in [0.25, 0.3) is 0 Å². The molecule has 1 heterocycles. The predicted molar refractivity (Wildman–Crippen MR) is 137 cm³/mol. The number of benzene rings is 2. The molecule has 5 atom stereocenters. The molecule has 36 heavy (non-hydrogen) atoms. The Hall–Kier alpha value is -1.51. The Balaban J connectivity index is 1.34. The zero-order valence-electron chi connectivity index (χ0n) is 20.8. The third-order valence-electron chi connectivity index (χ3n) is 9.01. The zero-order chi connectivity index (χ0) is 25.5. The van der Waals surface area contributed by atoms with Gasteiger partial charge < -0.3 is 29.9 Å². The fraction of sp³-hybridized carbons (Fsp3) is 0.586. The highest BCUT2D eigenvalue weighted by Crippen LogP contribution is 2.54. The van der Waals surface area contributed by atoms with Crippen molar-refractivity contribution in [3.05, 3.63) is 69.7 Å². The molecule has 6 nitrogen and oxygen atoms in total. The topological polar surface area (TPSA) is 99.4 Å². The molecule has 0 radical (unpaired) electrons. The van der Waals surface area contributed by atoms with Crippen LogP contribution in [0.15, 0.2) is 42.5 Å². The summed E-state index contributed by atoms with van der Waals surface area (Å²) in [5, 5.41) is 41.6. The summed E-state index contributed by atoms with van der Waals surface area (Å²) in [4.78, 5) is 0. The van der Waals surface area contributed by atoms with E-state index >= 15 is 0 Å². The van der Waals surface area contributed by atoms with Crippen molar-refractivity contribution in [3.63, 3.8) is 0 Å². The summed E-state index contributed by atoms with van der Waals surface area (Å²) in [7, 11) is 1.35. The molecular weight excluding hydrogens is 480 g/mol. The molecule has 1 unspecified atom stereocenters. The SMILES string of the molecule is COC1(c2ccc(Cl)c(Cc3ccc(C4CCC5(CCC5)CC4)cc3)c2)O[C@H](CO)[C@@H](O)[C@H](O)[C@H]1O.